The number of carboxylic acid groups (broad SMARTS) is 1. The lowest BCUT2D eigenvalue weighted by Gasteiger charge is -2.32. The number of carbonyl (C=O) groups excluding carboxylic acids is 1. The van der Waals surface area contributed by atoms with E-state index in [1.807, 2.05) is 41.1 Å². The van der Waals surface area contributed by atoms with Gasteiger partial charge in [-0.1, -0.05) is 30.3 Å². The van der Waals surface area contributed by atoms with Gasteiger partial charge in [0.05, 0.1) is 30.2 Å². The monoisotopic (exact) mass is 546 g/mol. The number of amides is 2. The maximum absolute atomic E-state index is 12.8. The number of nitriles is 1. The summed E-state index contributed by atoms with van der Waals surface area (Å²) in [6.07, 6.45) is 0.765. The van der Waals surface area contributed by atoms with Crippen LogP contribution in [0.5, 0.6) is 5.88 Å². The maximum Gasteiger partial charge on any atom is 0.404 e. The number of piperidine rings is 1. The fraction of sp³-hybridized carbons (Fsp3) is 0.393. The van der Waals surface area contributed by atoms with E-state index in [0.29, 0.717) is 32.2 Å². The molecule has 1 aliphatic rings. The van der Waals surface area contributed by atoms with E-state index in [2.05, 4.69) is 26.6 Å². The van der Waals surface area contributed by atoms with Gasteiger partial charge < -0.3 is 26.2 Å². The number of likely N-dealkylation sites (tertiary alicyclic amines) is 1. The van der Waals surface area contributed by atoms with Gasteiger partial charge in [-0.25, -0.2) is 9.78 Å². The predicted molar refractivity (Wildman–Crippen MR) is 149 cm³/mol. The molecule has 40 heavy (non-hydrogen) atoms. The van der Waals surface area contributed by atoms with Crippen LogP contribution >= 0.6 is 0 Å². The molecule has 0 atom stereocenters. The summed E-state index contributed by atoms with van der Waals surface area (Å²) in [5, 5.41) is 28.3. The first kappa shape index (κ1) is 28.4. The third-order valence-electron chi connectivity index (χ3n) is 6.82. The molecule has 1 aromatic carbocycles. The normalized spacial score (nSPS) is 13.9. The quantitative estimate of drug-likeness (QED) is 0.282. The number of nitrogens with zero attached hydrogens (tertiary/aromatic N) is 5. The summed E-state index contributed by atoms with van der Waals surface area (Å²) < 4.78 is 7.26. The molecular formula is C28H34N8O4. The van der Waals surface area contributed by atoms with E-state index < -0.39 is 6.09 Å². The van der Waals surface area contributed by atoms with Crippen LogP contribution in [-0.2, 0) is 13.1 Å². The van der Waals surface area contributed by atoms with Gasteiger partial charge in [0.2, 0.25) is 5.88 Å². The van der Waals surface area contributed by atoms with Gasteiger partial charge >= 0.3 is 6.09 Å². The Balaban J connectivity index is 1.33. The molecule has 1 saturated heterocycles. The first-order valence-corrected chi connectivity index (χ1v) is 13.3. The molecule has 12 heteroatoms. The SMILES string of the molecule is CCOc1nc(C(=O)NCC2CCN(Cc3cc(-c4ccccc4)nn3CCNC(=O)O)CC2)cc(N)c1C#N. The highest BCUT2D eigenvalue weighted by Gasteiger charge is 2.23. The topological polar surface area (TPSA) is 171 Å². The maximum atomic E-state index is 12.8. The van der Waals surface area contributed by atoms with Crippen molar-refractivity contribution in [3.8, 4) is 23.2 Å². The van der Waals surface area contributed by atoms with Gasteiger partial charge in [0.25, 0.3) is 5.91 Å². The van der Waals surface area contributed by atoms with Crippen LogP contribution in [0.3, 0.4) is 0 Å². The van der Waals surface area contributed by atoms with Crippen molar-refractivity contribution >= 4 is 17.7 Å². The Labute approximate surface area is 232 Å². The number of hydrogen-bond acceptors (Lipinski definition) is 8. The number of nitrogen functional groups attached to an aromatic ring is 1. The van der Waals surface area contributed by atoms with Crippen LogP contribution in [0.4, 0.5) is 10.5 Å². The molecule has 3 aromatic rings. The van der Waals surface area contributed by atoms with Crippen LogP contribution in [0.15, 0.2) is 42.5 Å². The highest BCUT2D eigenvalue weighted by molar-refractivity contribution is 5.93. The standard InChI is InChI=1S/C28H34N8O4/c1-2-40-27-22(16-29)23(30)15-25(33-27)26(37)32-17-19-8-11-35(12-9-19)18-21-14-24(20-6-4-3-5-7-20)34-36(21)13-10-31-28(38)39/h3-7,14-15,19,31H,2,8-13,17-18H2,1H3,(H2,30,33)(H,32,37)(H,38,39). The Kier molecular flexibility index (Phi) is 9.53. The van der Waals surface area contributed by atoms with E-state index in [1.165, 1.54) is 6.07 Å². The minimum atomic E-state index is -1.06. The molecule has 0 radical (unpaired) electrons. The summed E-state index contributed by atoms with van der Waals surface area (Å²) in [5.41, 5.74) is 9.23. The highest BCUT2D eigenvalue weighted by atomic mass is 16.5. The van der Waals surface area contributed by atoms with E-state index in [9.17, 15) is 14.9 Å². The molecule has 0 spiro atoms. The van der Waals surface area contributed by atoms with Crippen LogP contribution in [0.1, 0.15) is 41.5 Å². The van der Waals surface area contributed by atoms with E-state index in [1.54, 1.807) is 6.92 Å². The number of nitrogens with one attached hydrogen (secondary N) is 2. The minimum Gasteiger partial charge on any atom is -0.477 e. The Morgan fingerprint density at radius 1 is 1.20 bits per heavy atom. The zero-order valence-corrected chi connectivity index (χ0v) is 22.5. The van der Waals surface area contributed by atoms with Crippen LogP contribution < -0.4 is 21.1 Å². The van der Waals surface area contributed by atoms with Gasteiger partial charge in [-0.15, -0.1) is 0 Å². The van der Waals surface area contributed by atoms with Crippen LogP contribution in [0.2, 0.25) is 0 Å². The van der Waals surface area contributed by atoms with Crippen LogP contribution in [-0.4, -0.2) is 69.6 Å². The lowest BCUT2D eigenvalue weighted by molar-refractivity contribution is 0.0928. The van der Waals surface area contributed by atoms with Gasteiger partial charge in [-0.05, 0) is 50.9 Å². The molecular weight excluding hydrogens is 512 g/mol. The number of aromatic nitrogens is 3. The minimum absolute atomic E-state index is 0.0665. The summed E-state index contributed by atoms with van der Waals surface area (Å²) in [6.45, 7) is 5.70. The number of ether oxygens (including phenoxy) is 1. The van der Waals surface area contributed by atoms with Crippen molar-refractivity contribution in [3.63, 3.8) is 0 Å². The highest BCUT2D eigenvalue weighted by Crippen LogP contribution is 2.24. The first-order valence-electron chi connectivity index (χ1n) is 13.3. The van der Waals surface area contributed by atoms with Crippen LogP contribution in [0, 0.1) is 17.2 Å². The van der Waals surface area contributed by atoms with Crippen LogP contribution in [0.25, 0.3) is 11.3 Å². The predicted octanol–water partition coefficient (Wildman–Crippen LogP) is 2.71. The summed E-state index contributed by atoms with van der Waals surface area (Å²) >= 11 is 0. The largest absolute Gasteiger partial charge is 0.477 e. The van der Waals surface area contributed by atoms with E-state index in [4.69, 9.17) is 20.7 Å². The van der Waals surface area contributed by atoms with Crippen molar-refractivity contribution in [1.82, 2.24) is 30.3 Å². The molecule has 0 bridgehead atoms. The number of anilines is 1. The second-order valence-electron chi connectivity index (χ2n) is 9.59. The van der Waals surface area contributed by atoms with Crippen molar-refractivity contribution in [3.05, 3.63) is 59.4 Å². The number of nitrogens with two attached hydrogens (primary N) is 1. The molecule has 5 N–H and O–H groups in total. The third kappa shape index (κ3) is 7.27. The van der Waals surface area contributed by atoms with Crippen molar-refractivity contribution in [2.24, 2.45) is 5.92 Å². The van der Waals surface area contributed by atoms with Gasteiger partial charge in [0.15, 0.2) is 0 Å². The number of pyridine rings is 1. The Morgan fingerprint density at radius 2 is 1.95 bits per heavy atom. The van der Waals surface area contributed by atoms with E-state index in [0.717, 1.165) is 42.9 Å². The molecule has 1 aliphatic heterocycles. The molecule has 4 rings (SSSR count). The molecule has 0 unspecified atom stereocenters. The molecule has 210 valence electrons. The number of hydrogen-bond donors (Lipinski definition) is 4. The third-order valence-corrected chi connectivity index (χ3v) is 6.82. The van der Waals surface area contributed by atoms with E-state index >= 15 is 0 Å². The van der Waals surface area contributed by atoms with Gasteiger partial charge in [0.1, 0.15) is 17.3 Å². The second-order valence-corrected chi connectivity index (χ2v) is 9.59. The van der Waals surface area contributed by atoms with Gasteiger partial charge in [0, 0.05) is 25.2 Å². The number of rotatable bonds is 11. The lowest BCUT2D eigenvalue weighted by Crippen LogP contribution is -2.39. The molecule has 12 nitrogen and oxygen atoms in total. The molecule has 0 aliphatic carbocycles. The zero-order chi connectivity index (χ0) is 28.5. The summed E-state index contributed by atoms with van der Waals surface area (Å²) in [7, 11) is 0. The average molecular weight is 547 g/mol. The fourth-order valence-electron chi connectivity index (χ4n) is 4.71. The van der Waals surface area contributed by atoms with Crippen molar-refractivity contribution < 1.29 is 19.4 Å². The Morgan fingerprint density at radius 3 is 2.62 bits per heavy atom. The Hall–Kier alpha value is -4.63. The molecule has 0 saturated carbocycles. The molecule has 2 aromatic heterocycles. The van der Waals surface area contributed by atoms with Crippen molar-refractivity contribution in [2.45, 2.75) is 32.9 Å². The lowest BCUT2D eigenvalue weighted by atomic mass is 9.96. The number of benzene rings is 1. The zero-order valence-electron chi connectivity index (χ0n) is 22.5. The van der Waals surface area contributed by atoms with Gasteiger partial charge in [-0.3, -0.25) is 14.4 Å². The molecule has 3 heterocycles. The van der Waals surface area contributed by atoms with Crippen molar-refractivity contribution in [1.29, 1.82) is 5.26 Å². The summed E-state index contributed by atoms with van der Waals surface area (Å²) in [5.74, 6) is 0.0237. The molecule has 2 amide bonds. The van der Waals surface area contributed by atoms with Gasteiger partial charge in [-0.2, -0.15) is 10.4 Å². The second kappa shape index (κ2) is 13.4. The Bertz CT molecular complexity index is 1360. The van der Waals surface area contributed by atoms with Crippen molar-refractivity contribution in [2.75, 3.05) is 38.5 Å². The average Bonchev–Trinajstić information content (AvgIpc) is 3.35. The first-order chi connectivity index (χ1) is 19.4. The fourth-order valence-corrected chi connectivity index (χ4v) is 4.71. The summed E-state index contributed by atoms with van der Waals surface area (Å²) in [4.78, 5) is 30.2. The smallest absolute Gasteiger partial charge is 0.404 e. The number of carbonyl (C=O) groups is 2. The summed E-state index contributed by atoms with van der Waals surface area (Å²) in [6, 6.07) is 15.3. The molecule has 1 fully saturated rings. The van der Waals surface area contributed by atoms with E-state index in [-0.39, 0.29) is 35.3 Å².